The Hall–Kier alpha value is -0.680. The molecule has 5 heteroatoms. The largest absolute Gasteiger partial charge is 0.480 e. The zero-order chi connectivity index (χ0) is 8.70. The molecule has 1 unspecified atom stereocenters. The number of carbonyl (C=O) groups is 1. The molecular weight excluding hydrogens is 151 g/mol. The zero-order valence-corrected chi connectivity index (χ0v) is 6.01. The van der Waals surface area contributed by atoms with Gasteiger partial charge in [-0.3, -0.25) is 4.79 Å². The van der Waals surface area contributed by atoms with E-state index in [1.165, 1.54) is 0 Å². The van der Waals surface area contributed by atoms with Crippen LogP contribution in [0.5, 0.6) is 0 Å². The van der Waals surface area contributed by atoms with E-state index in [4.69, 9.17) is 16.6 Å². The van der Waals surface area contributed by atoms with Crippen molar-refractivity contribution < 1.29 is 14.3 Å². The SMILES string of the molecule is NCC(N)(C(=O)O)C1(F)CC1. The molecule has 1 atom stereocenters. The summed E-state index contributed by atoms with van der Waals surface area (Å²) < 4.78 is 13.2. The molecule has 5 N–H and O–H groups in total. The molecule has 0 heterocycles. The van der Waals surface area contributed by atoms with Crippen LogP contribution in [-0.2, 0) is 4.79 Å². The van der Waals surface area contributed by atoms with E-state index in [0.29, 0.717) is 0 Å². The van der Waals surface area contributed by atoms with Crippen LogP contribution in [0.1, 0.15) is 12.8 Å². The van der Waals surface area contributed by atoms with E-state index >= 15 is 0 Å². The first-order valence-electron chi connectivity index (χ1n) is 3.37. The Kier molecular flexibility index (Phi) is 1.65. The van der Waals surface area contributed by atoms with Gasteiger partial charge in [0.05, 0.1) is 0 Å². The van der Waals surface area contributed by atoms with E-state index in [9.17, 15) is 9.18 Å². The fourth-order valence-corrected chi connectivity index (χ4v) is 1.02. The average molecular weight is 162 g/mol. The Morgan fingerprint density at radius 1 is 1.73 bits per heavy atom. The Bertz CT molecular complexity index is 193. The number of rotatable bonds is 3. The topological polar surface area (TPSA) is 89.3 Å². The quantitative estimate of drug-likeness (QED) is 0.508. The van der Waals surface area contributed by atoms with Gasteiger partial charge in [-0.1, -0.05) is 0 Å². The standard InChI is InChI=1S/C6H11FN2O2/c7-5(1-2-5)6(9,3-8)4(10)11/h1-3,8-9H2,(H,10,11). The van der Waals surface area contributed by atoms with Gasteiger partial charge in [-0.25, -0.2) is 4.39 Å². The number of hydrogen-bond donors (Lipinski definition) is 3. The summed E-state index contributed by atoms with van der Waals surface area (Å²) in [7, 11) is 0. The van der Waals surface area contributed by atoms with Crippen molar-refractivity contribution in [2.75, 3.05) is 6.54 Å². The molecule has 0 aromatic heterocycles. The molecule has 0 radical (unpaired) electrons. The van der Waals surface area contributed by atoms with Crippen LogP contribution < -0.4 is 11.5 Å². The second-order valence-electron chi connectivity index (χ2n) is 2.95. The second-order valence-corrected chi connectivity index (χ2v) is 2.95. The van der Waals surface area contributed by atoms with Gasteiger partial charge < -0.3 is 16.6 Å². The van der Waals surface area contributed by atoms with Crippen molar-refractivity contribution in [3.8, 4) is 0 Å². The van der Waals surface area contributed by atoms with E-state index in [1.54, 1.807) is 0 Å². The van der Waals surface area contributed by atoms with Crippen molar-refractivity contribution in [2.24, 2.45) is 11.5 Å². The Labute approximate surface area is 63.4 Å². The molecule has 1 rings (SSSR count). The average Bonchev–Trinajstić information content (AvgIpc) is 2.67. The molecule has 1 aliphatic carbocycles. The number of carboxylic acid groups (broad SMARTS) is 1. The monoisotopic (exact) mass is 162 g/mol. The van der Waals surface area contributed by atoms with Gasteiger partial charge in [0.2, 0.25) is 0 Å². The predicted octanol–water partition coefficient (Wildman–Crippen LogP) is -0.771. The molecule has 1 aliphatic rings. The minimum Gasteiger partial charge on any atom is -0.480 e. The molecular formula is C6H11FN2O2. The van der Waals surface area contributed by atoms with E-state index in [0.717, 1.165) is 0 Å². The lowest BCUT2D eigenvalue weighted by molar-refractivity contribution is -0.146. The summed E-state index contributed by atoms with van der Waals surface area (Å²) in [5, 5.41) is 8.56. The lowest BCUT2D eigenvalue weighted by atomic mass is 9.93. The molecule has 1 fully saturated rings. The van der Waals surface area contributed by atoms with Crippen LogP contribution >= 0.6 is 0 Å². The Balaban J connectivity index is 2.83. The molecule has 0 aromatic rings. The van der Waals surface area contributed by atoms with Crippen LogP contribution in [0.2, 0.25) is 0 Å². The second kappa shape index (κ2) is 2.15. The molecule has 4 nitrogen and oxygen atoms in total. The van der Waals surface area contributed by atoms with Gasteiger partial charge >= 0.3 is 5.97 Å². The van der Waals surface area contributed by atoms with Crippen LogP contribution in [0.25, 0.3) is 0 Å². The van der Waals surface area contributed by atoms with Gasteiger partial charge in [-0.2, -0.15) is 0 Å². The number of hydrogen-bond acceptors (Lipinski definition) is 3. The van der Waals surface area contributed by atoms with Gasteiger partial charge in [0.25, 0.3) is 0 Å². The van der Waals surface area contributed by atoms with Crippen molar-refractivity contribution in [1.82, 2.24) is 0 Å². The minimum atomic E-state index is -1.88. The van der Waals surface area contributed by atoms with E-state index < -0.39 is 17.2 Å². The smallest absolute Gasteiger partial charge is 0.328 e. The maximum atomic E-state index is 13.2. The van der Waals surface area contributed by atoms with Crippen molar-refractivity contribution in [3.05, 3.63) is 0 Å². The summed E-state index contributed by atoms with van der Waals surface area (Å²) in [6.07, 6.45) is 0.403. The summed E-state index contributed by atoms with van der Waals surface area (Å²) in [6, 6.07) is 0. The first kappa shape index (κ1) is 8.42. The lowest BCUT2D eigenvalue weighted by Gasteiger charge is -2.26. The lowest BCUT2D eigenvalue weighted by Crippen LogP contribution is -2.62. The molecule has 0 saturated heterocycles. The fraction of sp³-hybridized carbons (Fsp3) is 0.833. The molecule has 0 aromatic carbocycles. The van der Waals surface area contributed by atoms with Crippen molar-refractivity contribution >= 4 is 5.97 Å². The Morgan fingerprint density at radius 2 is 2.18 bits per heavy atom. The van der Waals surface area contributed by atoms with Gasteiger partial charge in [-0.05, 0) is 12.8 Å². The maximum absolute atomic E-state index is 13.2. The van der Waals surface area contributed by atoms with Gasteiger partial charge in [-0.15, -0.1) is 0 Å². The third-order valence-electron chi connectivity index (χ3n) is 2.19. The normalized spacial score (nSPS) is 25.7. The van der Waals surface area contributed by atoms with E-state index in [2.05, 4.69) is 0 Å². The Morgan fingerprint density at radius 3 is 2.27 bits per heavy atom. The van der Waals surface area contributed by atoms with Crippen LogP contribution in [0.3, 0.4) is 0 Å². The van der Waals surface area contributed by atoms with Gasteiger partial charge in [0.15, 0.2) is 5.54 Å². The third kappa shape index (κ3) is 1.00. The number of alkyl halides is 1. The summed E-state index contributed by atoms with van der Waals surface area (Å²) in [4.78, 5) is 10.5. The number of aliphatic carboxylic acids is 1. The van der Waals surface area contributed by atoms with Gasteiger partial charge in [0, 0.05) is 6.54 Å². The van der Waals surface area contributed by atoms with Crippen molar-refractivity contribution in [2.45, 2.75) is 24.0 Å². The van der Waals surface area contributed by atoms with Crippen LogP contribution in [0, 0.1) is 0 Å². The first-order chi connectivity index (χ1) is 4.96. The van der Waals surface area contributed by atoms with E-state index in [-0.39, 0.29) is 19.4 Å². The fourth-order valence-electron chi connectivity index (χ4n) is 1.02. The van der Waals surface area contributed by atoms with E-state index in [1.807, 2.05) is 0 Å². The molecule has 0 aliphatic heterocycles. The van der Waals surface area contributed by atoms with Crippen molar-refractivity contribution in [3.63, 3.8) is 0 Å². The molecule has 0 amide bonds. The zero-order valence-electron chi connectivity index (χ0n) is 6.01. The third-order valence-corrected chi connectivity index (χ3v) is 2.19. The molecule has 0 spiro atoms. The molecule has 1 saturated carbocycles. The number of halogens is 1. The summed E-state index contributed by atoms with van der Waals surface area (Å²) in [5.74, 6) is -1.36. The molecule has 0 bridgehead atoms. The highest BCUT2D eigenvalue weighted by Gasteiger charge is 2.62. The molecule has 11 heavy (non-hydrogen) atoms. The highest BCUT2D eigenvalue weighted by Crippen LogP contribution is 2.47. The number of nitrogens with two attached hydrogens (primary N) is 2. The van der Waals surface area contributed by atoms with Crippen LogP contribution in [0.15, 0.2) is 0 Å². The summed E-state index contributed by atoms with van der Waals surface area (Å²) in [6.45, 7) is -0.362. The van der Waals surface area contributed by atoms with Gasteiger partial charge in [0.1, 0.15) is 5.67 Å². The number of carboxylic acids is 1. The highest BCUT2D eigenvalue weighted by molar-refractivity contribution is 5.81. The maximum Gasteiger partial charge on any atom is 0.328 e. The summed E-state index contributed by atoms with van der Waals surface area (Å²) >= 11 is 0. The summed E-state index contributed by atoms with van der Waals surface area (Å²) in [5.41, 5.74) is 6.72. The van der Waals surface area contributed by atoms with Crippen LogP contribution in [-0.4, -0.2) is 28.8 Å². The molecule has 64 valence electrons. The van der Waals surface area contributed by atoms with Crippen molar-refractivity contribution in [1.29, 1.82) is 0 Å². The minimum absolute atomic E-state index is 0.201. The first-order valence-corrected chi connectivity index (χ1v) is 3.37. The van der Waals surface area contributed by atoms with Crippen LogP contribution in [0.4, 0.5) is 4.39 Å². The highest BCUT2D eigenvalue weighted by atomic mass is 19.1. The predicted molar refractivity (Wildman–Crippen MR) is 36.7 cm³/mol.